The van der Waals surface area contributed by atoms with Crippen molar-refractivity contribution < 1.29 is 14.3 Å². The van der Waals surface area contributed by atoms with Crippen molar-refractivity contribution in [3.63, 3.8) is 0 Å². The number of piperidine rings is 1. The van der Waals surface area contributed by atoms with Crippen molar-refractivity contribution in [2.75, 3.05) is 27.3 Å². The van der Waals surface area contributed by atoms with Crippen LogP contribution < -0.4 is 25.7 Å². The lowest BCUT2D eigenvalue weighted by Crippen LogP contribution is -2.48. The molecule has 1 aromatic heterocycles. The van der Waals surface area contributed by atoms with Crippen molar-refractivity contribution in [3.8, 4) is 11.5 Å². The Morgan fingerprint density at radius 1 is 1.31 bits per heavy atom. The minimum Gasteiger partial charge on any atom is -0.493 e. The molecule has 1 aliphatic heterocycles. The quantitative estimate of drug-likeness (QED) is 0.703. The molecule has 0 spiro atoms. The summed E-state index contributed by atoms with van der Waals surface area (Å²) in [5.74, 6) is 1.48. The van der Waals surface area contributed by atoms with Gasteiger partial charge in [0.15, 0.2) is 11.5 Å². The van der Waals surface area contributed by atoms with Crippen molar-refractivity contribution in [1.29, 1.82) is 0 Å². The minimum absolute atomic E-state index is 0. The van der Waals surface area contributed by atoms with Crippen LogP contribution in [0.2, 0.25) is 0 Å². The van der Waals surface area contributed by atoms with E-state index in [4.69, 9.17) is 9.47 Å². The third-order valence-corrected chi connectivity index (χ3v) is 5.26. The Hall–Kier alpha value is -2.32. The first kappa shape index (κ1) is 23.0. The van der Waals surface area contributed by atoms with Gasteiger partial charge in [0, 0.05) is 25.1 Å². The average molecular weight is 425 g/mol. The summed E-state index contributed by atoms with van der Waals surface area (Å²) in [5.41, 5.74) is 0.398. The summed E-state index contributed by atoms with van der Waals surface area (Å²) in [6, 6.07) is 3.56. The number of nitrogens with zero attached hydrogens (tertiary/aromatic N) is 2. The zero-order valence-electron chi connectivity index (χ0n) is 17.1. The number of carbonyl (C=O) groups excluding carboxylic acids is 1. The van der Waals surface area contributed by atoms with Crippen LogP contribution in [0.15, 0.2) is 23.3 Å². The number of aromatic nitrogens is 2. The number of hydrogen-bond acceptors (Lipinski definition) is 6. The molecule has 1 aromatic carbocycles. The number of ether oxygens (including phenoxy) is 2. The lowest BCUT2D eigenvalue weighted by Gasteiger charge is -2.30. The van der Waals surface area contributed by atoms with Crippen LogP contribution in [0.3, 0.4) is 0 Å². The highest BCUT2D eigenvalue weighted by Crippen LogP contribution is 2.29. The normalized spacial score (nSPS) is 18.7. The van der Waals surface area contributed by atoms with E-state index in [0.29, 0.717) is 47.7 Å². The molecular formula is C20H29ClN4O4. The lowest BCUT2D eigenvalue weighted by atomic mass is 9.95. The average Bonchev–Trinajstić information content (AvgIpc) is 2.70. The number of nitrogens with one attached hydrogen (secondary N) is 2. The number of methoxy groups -OCH3 is 2. The number of amides is 1. The number of halogens is 1. The maximum absolute atomic E-state index is 12.8. The minimum atomic E-state index is -0.154. The molecule has 0 aliphatic carbocycles. The second-order valence-corrected chi connectivity index (χ2v) is 7.22. The fraction of sp³-hybridized carbons (Fsp3) is 0.550. The van der Waals surface area contributed by atoms with Crippen molar-refractivity contribution >= 4 is 29.2 Å². The van der Waals surface area contributed by atoms with E-state index in [1.807, 2.05) is 0 Å². The molecule has 0 radical (unpaired) electrons. The standard InChI is InChI=1S/C20H28N4O4.ClH/c1-13-11-21-7-6-15(13)23-19(25)5-4-8-24-12-22-16-10-18(28-3)17(27-2)9-14(16)20(24)26;/h9-10,12-13,15,21H,4-8,11H2,1-3H3,(H,23,25);1H. The van der Waals surface area contributed by atoms with Gasteiger partial charge in [0.05, 0.1) is 31.4 Å². The molecule has 8 nitrogen and oxygen atoms in total. The van der Waals surface area contributed by atoms with Crippen LogP contribution in [-0.2, 0) is 11.3 Å². The van der Waals surface area contributed by atoms with Crippen molar-refractivity contribution in [1.82, 2.24) is 20.2 Å². The van der Waals surface area contributed by atoms with E-state index in [2.05, 4.69) is 22.5 Å². The summed E-state index contributed by atoms with van der Waals surface area (Å²) in [4.78, 5) is 29.3. The summed E-state index contributed by atoms with van der Waals surface area (Å²) in [6.07, 6.45) is 3.42. The molecule has 0 bridgehead atoms. The Labute approximate surface area is 176 Å². The molecule has 2 N–H and O–H groups in total. The Morgan fingerprint density at radius 2 is 2.03 bits per heavy atom. The number of carbonyl (C=O) groups is 1. The Kier molecular flexibility index (Phi) is 8.28. The summed E-state index contributed by atoms with van der Waals surface area (Å²) >= 11 is 0. The largest absolute Gasteiger partial charge is 0.493 e. The van der Waals surface area contributed by atoms with E-state index in [-0.39, 0.29) is 29.9 Å². The van der Waals surface area contributed by atoms with Crippen LogP contribution in [0.1, 0.15) is 26.2 Å². The van der Waals surface area contributed by atoms with E-state index < -0.39 is 0 Å². The fourth-order valence-corrected chi connectivity index (χ4v) is 3.56. The predicted octanol–water partition coefficient (Wildman–Crippen LogP) is 1.73. The van der Waals surface area contributed by atoms with Crippen LogP contribution >= 0.6 is 12.4 Å². The molecule has 0 saturated carbocycles. The van der Waals surface area contributed by atoms with Crippen LogP contribution in [0, 0.1) is 5.92 Å². The van der Waals surface area contributed by atoms with Gasteiger partial charge in [-0.1, -0.05) is 6.92 Å². The van der Waals surface area contributed by atoms with Gasteiger partial charge in [0.25, 0.3) is 5.56 Å². The van der Waals surface area contributed by atoms with Gasteiger partial charge in [-0.3, -0.25) is 14.2 Å². The number of aryl methyl sites for hydroxylation is 1. The summed E-state index contributed by atoms with van der Waals surface area (Å²) < 4.78 is 12.1. The molecule has 160 valence electrons. The van der Waals surface area contributed by atoms with Gasteiger partial charge in [-0.15, -0.1) is 12.4 Å². The van der Waals surface area contributed by atoms with Gasteiger partial charge in [-0.25, -0.2) is 4.98 Å². The molecule has 2 heterocycles. The smallest absolute Gasteiger partial charge is 0.261 e. The predicted molar refractivity (Wildman–Crippen MR) is 114 cm³/mol. The van der Waals surface area contributed by atoms with Gasteiger partial charge in [-0.05, 0) is 37.9 Å². The highest BCUT2D eigenvalue weighted by molar-refractivity contribution is 5.85. The molecule has 1 amide bonds. The van der Waals surface area contributed by atoms with Crippen LogP contribution in [0.5, 0.6) is 11.5 Å². The highest BCUT2D eigenvalue weighted by Gasteiger charge is 2.22. The first-order valence-electron chi connectivity index (χ1n) is 9.64. The summed E-state index contributed by atoms with van der Waals surface area (Å²) in [6.45, 7) is 4.44. The van der Waals surface area contributed by atoms with Crippen molar-refractivity contribution in [2.45, 2.75) is 38.8 Å². The second kappa shape index (κ2) is 10.5. The summed E-state index contributed by atoms with van der Waals surface area (Å²) in [7, 11) is 3.07. The van der Waals surface area contributed by atoms with E-state index in [9.17, 15) is 9.59 Å². The maximum Gasteiger partial charge on any atom is 0.261 e. The Bertz CT molecular complexity index is 902. The number of rotatable bonds is 7. The number of hydrogen-bond donors (Lipinski definition) is 2. The van der Waals surface area contributed by atoms with E-state index >= 15 is 0 Å². The molecule has 1 fully saturated rings. The molecular weight excluding hydrogens is 396 g/mol. The van der Waals surface area contributed by atoms with Gasteiger partial charge in [0.1, 0.15) is 0 Å². The first-order chi connectivity index (χ1) is 13.5. The van der Waals surface area contributed by atoms with Crippen LogP contribution in [0.4, 0.5) is 0 Å². The molecule has 3 rings (SSSR count). The van der Waals surface area contributed by atoms with E-state index in [1.165, 1.54) is 18.0 Å². The molecule has 29 heavy (non-hydrogen) atoms. The summed E-state index contributed by atoms with van der Waals surface area (Å²) in [5, 5.41) is 6.91. The lowest BCUT2D eigenvalue weighted by molar-refractivity contribution is -0.122. The SMILES string of the molecule is COc1cc2ncn(CCCC(=O)NC3CCNCC3C)c(=O)c2cc1OC.Cl. The molecule has 2 unspecified atom stereocenters. The number of fused-ring (bicyclic) bond motifs is 1. The second-order valence-electron chi connectivity index (χ2n) is 7.22. The van der Waals surface area contributed by atoms with Crippen molar-refractivity contribution in [3.05, 3.63) is 28.8 Å². The monoisotopic (exact) mass is 424 g/mol. The van der Waals surface area contributed by atoms with Gasteiger partial charge < -0.3 is 20.1 Å². The Morgan fingerprint density at radius 3 is 2.72 bits per heavy atom. The van der Waals surface area contributed by atoms with Gasteiger partial charge >= 0.3 is 0 Å². The van der Waals surface area contributed by atoms with Crippen LogP contribution in [0.25, 0.3) is 10.9 Å². The van der Waals surface area contributed by atoms with E-state index in [0.717, 1.165) is 19.5 Å². The third-order valence-electron chi connectivity index (χ3n) is 5.26. The molecule has 2 atom stereocenters. The van der Waals surface area contributed by atoms with Crippen molar-refractivity contribution in [2.24, 2.45) is 5.92 Å². The number of benzene rings is 1. The fourth-order valence-electron chi connectivity index (χ4n) is 3.56. The highest BCUT2D eigenvalue weighted by atomic mass is 35.5. The third kappa shape index (κ3) is 5.39. The van der Waals surface area contributed by atoms with Gasteiger partial charge in [0.2, 0.25) is 5.91 Å². The molecule has 1 aliphatic rings. The zero-order valence-corrected chi connectivity index (χ0v) is 17.9. The first-order valence-corrected chi connectivity index (χ1v) is 9.64. The van der Waals surface area contributed by atoms with Crippen LogP contribution in [-0.4, -0.2) is 48.8 Å². The molecule has 1 saturated heterocycles. The maximum atomic E-state index is 12.8. The van der Waals surface area contributed by atoms with E-state index in [1.54, 1.807) is 19.2 Å². The Balaban J connectivity index is 0.00000300. The zero-order chi connectivity index (χ0) is 20.1. The van der Waals surface area contributed by atoms with Gasteiger partial charge in [-0.2, -0.15) is 0 Å². The topological polar surface area (TPSA) is 94.5 Å². The molecule has 2 aromatic rings. The molecule has 9 heteroatoms.